The molecule has 1 aliphatic rings. The van der Waals surface area contributed by atoms with Crippen molar-refractivity contribution in [3.8, 4) is 0 Å². The SMILES string of the molecule is O=C(O)CNCCCN1CCNCC1. The van der Waals surface area contributed by atoms with Gasteiger partial charge in [-0.15, -0.1) is 0 Å². The maximum absolute atomic E-state index is 10.2. The van der Waals surface area contributed by atoms with Crippen molar-refractivity contribution in [2.24, 2.45) is 0 Å². The van der Waals surface area contributed by atoms with Crippen LogP contribution in [0.3, 0.4) is 0 Å². The predicted octanol–water partition coefficient (Wildman–Crippen LogP) is -1.04. The van der Waals surface area contributed by atoms with Crippen LogP contribution >= 0.6 is 0 Å². The van der Waals surface area contributed by atoms with Gasteiger partial charge in [-0.1, -0.05) is 0 Å². The van der Waals surface area contributed by atoms with Crippen LogP contribution in [0.4, 0.5) is 0 Å². The Kier molecular flexibility index (Phi) is 5.51. The number of carboxylic acids is 1. The summed E-state index contributed by atoms with van der Waals surface area (Å²) in [5.74, 6) is -0.785. The molecule has 0 aromatic carbocycles. The maximum atomic E-state index is 10.2. The third kappa shape index (κ3) is 5.16. The molecule has 1 heterocycles. The highest BCUT2D eigenvalue weighted by Gasteiger charge is 2.07. The molecule has 0 atom stereocenters. The fraction of sp³-hybridized carbons (Fsp3) is 0.889. The second-order valence-electron chi connectivity index (χ2n) is 3.52. The van der Waals surface area contributed by atoms with Gasteiger partial charge in [-0.05, 0) is 19.5 Å². The van der Waals surface area contributed by atoms with Crippen LogP contribution in [0.2, 0.25) is 0 Å². The van der Waals surface area contributed by atoms with Crippen molar-refractivity contribution in [3.63, 3.8) is 0 Å². The molecule has 0 spiro atoms. The molecule has 5 nitrogen and oxygen atoms in total. The van der Waals surface area contributed by atoms with Gasteiger partial charge in [0.25, 0.3) is 0 Å². The van der Waals surface area contributed by atoms with Crippen molar-refractivity contribution in [1.29, 1.82) is 0 Å². The molecular formula is C9H19N3O2. The van der Waals surface area contributed by atoms with E-state index in [1.54, 1.807) is 0 Å². The molecule has 0 aliphatic carbocycles. The zero-order chi connectivity index (χ0) is 10.2. The van der Waals surface area contributed by atoms with Gasteiger partial charge in [0.15, 0.2) is 0 Å². The normalized spacial score (nSPS) is 18.3. The number of rotatable bonds is 6. The van der Waals surface area contributed by atoms with Crippen molar-refractivity contribution < 1.29 is 9.90 Å². The molecule has 1 aliphatic heterocycles. The van der Waals surface area contributed by atoms with Crippen molar-refractivity contribution in [2.45, 2.75) is 6.42 Å². The number of nitrogens with one attached hydrogen (secondary N) is 2. The van der Waals surface area contributed by atoms with Gasteiger partial charge < -0.3 is 20.6 Å². The summed E-state index contributed by atoms with van der Waals surface area (Å²) < 4.78 is 0. The summed E-state index contributed by atoms with van der Waals surface area (Å²) in [4.78, 5) is 12.6. The minimum atomic E-state index is -0.785. The molecule has 0 saturated carbocycles. The van der Waals surface area contributed by atoms with Crippen LogP contribution in [0.5, 0.6) is 0 Å². The molecule has 3 N–H and O–H groups in total. The highest BCUT2D eigenvalue weighted by atomic mass is 16.4. The van der Waals surface area contributed by atoms with Crippen molar-refractivity contribution >= 4 is 5.97 Å². The average Bonchev–Trinajstić information content (AvgIpc) is 2.18. The molecule has 1 rings (SSSR count). The largest absolute Gasteiger partial charge is 0.480 e. The average molecular weight is 201 g/mol. The minimum absolute atomic E-state index is 0.0710. The fourth-order valence-electron chi connectivity index (χ4n) is 1.56. The Morgan fingerprint density at radius 1 is 1.43 bits per heavy atom. The highest BCUT2D eigenvalue weighted by Crippen LogP contribution is 1.93. The van der Waals surface area contributed by atoms with Crippen LogP contribution < -0.4 is 10.6 Å². The molecular weight excluding hydrogens is 182 g/mol. The molecule has 82 valence electrons. The van der Waals surface area contributed by atoms with Crippen LogP contribution in [0.1, 0.15) is 6.42 Å². The number of hydrogen-bond donors (Lipinski definition) is 3. The van der Waals surface area contributed by atoms with Crippen molar-refractivity contribution in [2.75, 3.05) is 45.8 Å². The number of carboxylic acid groups (broad SMARTS) is 1. The number of nitrogens with zero attached hydrogens (tertiary/aromatic N) is 1. The first kappa shape index (κ1) is 11.4. The lowest BCUT2D eigenvalue weighted by atomic mass is 10.3. The second-order valence-corrected chi connectivity index (χ2v) is 3.52. The molecule has 0 unspecified atom stereocenters. The summed E-state index contributed by atoms with van der Waals surface area (Å²) in [5.41, 5.74) is 0. The molecule has 0 aromatic heterocycles. The van der Waals surface area contributed by atoms with E-state index in [0.29, 0.717) is 0 Å². The Balaban J connectivity index is 1.90. The van der Waals surface area contributed by atoms with E-state index in [-0.39, 0.29) is 6.54 Å². The Hall–Kier alpha value is -0.650. The van der Waals surface area contributed by atoms with Gasteiger partial charge in [-0.25, -0.2) is 0 Å². The summed E-state index contributed by atoms with van der Waals surface area (Å²) in [7, 11) is 0. The molecule has 0 amide bonds. The first-order valence-electron chi connectivity index (χ1n) is 5.14. The van der Waals surface area contributed by atoms with E-state index in [4.69, 9.17) is 5.11 Å². The van der Waals surface area contributed by atoms with Gasteiger partial charge in [-0.2, -0.15) is 0 Å². The van der Waals surface area contributed by atoms with Gasteiger partial charge in [0, 0.05) is 26.2 Å². The number of aliphatic carboxylic acids is 1. The van der Waals surface area contributed by atoms with E-state index in [1.165, 1.54) is 0 Å². The summed E-state index contributed by atoms with van der Waals surface area (Å²) in [6.45, 7) is 6.29. The minimum Gasteiger partial charge on any atom is -0.480 e. The molecule has 5 heteroatoms. The van der Waals surface area contributed by atoms with Gasteiger partial charge in [0.2, 0.25) is 0 Å². The Morgan fingerprint density at radius 2 is 2.14 bits per heavy atom. The third-order valence-electron chi connectivity index (χ3n) is 2.31. The third-order valence-corrected chi connectivity index (χ3v) is 2.31. The lowest BCUT2D eigenvalue weighted by Crippen LogP contribution is -2.44. The number of piperazine rings is 1. The van der Waals surface area contributed by atoms with E-state index >= 15 is 0 Å². The second kappa shape index (κ2) is 6.75. The van der Waals surface area contributed by atoms with E-state index in [2.05, 4.69) is 15.5 Å². The summed E-state index contributed by atoms with van der Waals surface area (Å²) in [5, 5.41) is 14.6. The van der Waals surface area contributed by atoms with Crippen LogP contribution in [0.15, 0.2) is 0 Å². The molecule has 0 aromatic rings. The van der Waals surface area contributed by atoms with Crippen LogP contribution in [-0.2, 0) is 4.79 Å². The Morgan fingerprint density at radius 3 is 2.79 bits per heavy atom. The first-order valence-corrected chi connectivity index (χ1v) is 5.14. The summed E-state index contributed by atoms with van der Waals surface area (Å²) in [6.07, 6.45) is 1.02. The molecule has 0 radical (unpaired) electrons. The Labute approximate surface area is 84.5 Å². The smallest absolute Gasteiger partial charge is 0.317 e. The van der Waals surface area contributed by atoms with Gasteiger partial charge in [0.1, 0.15) is 0 Å². The van der Waals surface area contributed by atoms with Crippen LogP contribution in [-0.4, -0.2) is 61.8 Å². The zero-order valence-electron chi connectivity index (χ0n) is 8.46. The fourth-order valence-corrected chi connectivity index (χ4v) is 1.56. The zero-order valence-corrected chi connectivity index (χ0v) is 8.46. The van der Waals surface area contributed by atoms with Crippen molar-refractivity contribution in [3.05, 3.63) is 0 Å². The van der Waals surface area contributed by atoms with Gasteiger partial charge >= 0.3 is 5.97 Å². The van der Waals surface area contributed by atoms with E-state index < -0.39 is 5.97 Å². The lowest BCUT2D eigenvalue weighted by Gasteiger charge is -2.26. The van der Waals surface area contributed by atoms with Crippen LogP contribution in [0, 0.1) is 0 Å². The van der Waals surface area contributed by atoms with E-state index in [0.717, 1.165) is 45.7 Å². The molecule has 1 saturated heterocycles. The quantitative estimate of drug-likeness (QED) is 0.479. The summed E-state index contributed by atoms with van der Waals surface area (Å²) in [6, 6.07) is 0. The summed E-state index contributed by atoms with van der Waals surface area (Å²) >= 11 is 0. The molecule has 14 heavy (non-hydrogen) atoms. The topological polar surface area (TPSA) is 64.6 Å². The standard InChI is InChI=1S/C9H19N3O2/c13-9(14)8-11-2-1-5-12-6-3-10-4-7-12/h10-11H,1-8H2,(H,13,14). The van der Waals surface area contributed by atoms with Gasteiger partial charge in [0.05, 0.1) is 6.54 Å². The maximum Gasteiger partial charge on any atom is 0.317 e. The first-order chi connectivity index (χ1) is 6.79. The van der Waals surface area contributed by atoms with Crippen LogP contribution in [0.25, 0.3) is 0 Å². The molecule has 1 fully saturated rings. The molecule has 0 bridgehead atoms. The number of hydrogen-bond acceptors (Lipinski definition) is 4. The number of carbonyl (C=O) groups is 1. The van der Waals surface area contributed by atoms with E-state index in [9.17, 15) is 4.79 Å². The van der Waals surface area contributed by atoms with Crippen molar-refractivity contribution in [1.82, 2.24) is 15.5 Å². The Bertz CT molecular complexity index is 169. The van der Waals surface area contributed by atoms with E-state index in [1.807, 2.05) is 0 Å². The monoisotopic (exact) mass is 201 g/mol. The lowest BCUT2D eigenvalue weighted by molar-refractivity contribution is -0.135. The van der Waals surface area contributed by atoms with Gasteiger partial charge in [-0.3, -0.25) is 4.79 Å². The predicted molar refractivity (Wildman–Crippen MR) is 54.4 cm³/mol. The highest BCUT2D eigenvalue weighted by molar-refractivity contribution is 5.68.